The van der Waals surface area contributed by atoms with Gasteiger partial charge in [0.05, 0.1) is 12.2 Å². The normalized spacial score (nSPS) is 49.6. The molecular weight excluding hydrogens is 400 g/mol. The van der Waals surface area contributed by atoms with Crippen molar-refractivity contribution in [2.24, 2.45) is 57.7 Å². The van der Waals surface area contributed by atoms with Crippen LogP contribution in [0.25, 0.3) is 0 Å². The van der Waals surface area contributed by atoms with Crippen LogP contribution in [0.4, 0.5) is 0 Å². The molecule has 4 nitrogen and oxygen atoms in total. The Morgan fingerprint density at radius 1 is 0.969 bits per heavy atom. The minimum Gasteiger partial charge on any atom is -0.481 e. The van der Waals surface area contributed by atoms with Crippen LogP contribution < -0.4 is 0 Å². The highest BCUT2D eigenvalue weighted by atomic mass is 16.4. The quantitative estimate of drug-likeness (QED) is 0.512. The van der Waals surface area contributed by atoms with Crippen molar-refractivity contribution < 1.29 is 20.1 Å². The number of aliphatic hydroxyl groups is 2. The second-order valence-electron chi connectivity index (χ2n) is 13.8. The van der Waals surface area contributed by atoms with Crippen LogP contribution >= 0.6 is 0 Å². The third-order valence-corrected chi connectivity index (χ3v) is 11.5. The van der Waals surface area contributed by atoms with E-state index in [1.165, 1.54) is 19.3 Å². The molecule has 3 N–H and O–H groups in total. The summed E-state index contributed by atoms with van der Waals surface area (Å²) in [4.78, 5) is 11.2. The van der Waals surface area contributed by atoms with E-state index in [9.17, 15) is 20.1 Å². The van der Waals surface area contributed by atoms with Crippen LogP contribution in [0.3, 0.4) is 0 Å². The van der Waals surface area contributed by atoms with E-state index in [4.69, 9.17) is 0 Å². The number of carboxylic acids is 1. The van der Waals surface area contributed by atoms with Crippen molar-refractivity contribution in [2.75, 3.05) is 0 Å². The number of rotatable bonds is 4. The van der Waals surface area contributed by atoms with Crippen LogP contribution in [0.1, 0.15) is 99.3 Å². The highest BCUT2D eigenvalue weighted by molar-refractivity contribution is 5.66. The predicted octanol–water partition coefficient (Wildman–Crippen LogP) is 5.75. The first kappa shape index (κ1) is 24.5. The van der Waals surface area contributed by atoms with E-state index in [0.717, 1.165) is 25.7 Å². The Kier molecular flexibility index (Phi) is 6.32. The minimum atomic E-state index is -0.709. The van der Waals surface area contributed by atoms with Gasteiger partial charge in [-0.1, -0.05) is 41.5 Å². The molecule has 0 aromatic carbocycles. The average Bonchev–Trinajstić information content (AvgIpc) is 3.05. The van der Waals surface area contributed by atoms with Crippen molar-refractivity contribution in [1.82, 2.24) is 0 Å². The number of carboxylic acid groups (broad SMARTS) is 1. The van der Waals surface area contributed by atoms with Crippen molar-refractivity contribution in [1.29, 1.82) is 0 Å². The number of carbonyl (C=O) groups is 1. The smallest absolute Gasteiger partial charge is 0.303 e. The van der Waals surface area contributed by atoms with Crippen molar-refractivity contribution >= 4 is 5.97 Å². The van der Waals surface area contributed by atoms with Crippen molar-refractivity contribution in [3.8, 4) is 0 Å². The van der Waals surface area contributed by atoms with Crippen LogP contribution in [-0.2, 0) is 4.79 Å². The van der Waals surface area contributed by atoms with Crippen molar-refractivity contribution in [2.45, 2.75) is 112 Å². The molecule has 184 valence electrons. The van der Waals surface area contributed by atoms with E-state index in [-0.39, 0.29) is 34.9 Å². The number of aliphatic hydroxyl groups excluding tert-OH is 2. The van der Waals surface area contributed by atoms with Crippen molar-refractivity contribution in [3.05, 3.63) is 0 Å². The Labute approximate surface area is 195 Å². The predicted molar refractivity (Wildman–Crippen MR) is 127 cm³/mol. The molecule has 32 heavy (non-hydrogen) atoms. The molecule has 0 bridgehead atoms. The molecule has 4 rings (SSSR count). The van der Waals surface area contributed by atoms with E-state index < -0.39 is 5.97 Å². The summed E-state index contributed by atoms with van der Waals surface area (Å²) in [6, 6.07) is 0. The lowest BCUT2D eigenvalue weighted by Gasteiger charge is -2.66. The zero-order valence-electron chi connectivity index (χ0n) is 21.3. The van der Waals surface area contributed by atoms with Gasteiger partial charge in [-0.2, -0.15) is 0 Å². The molecule has 0 radical (unpaired) electrons. The molecule has 4 aliphatic rings. The molecule has 4 heteroatoms. The Bertz CT molecular complexity index is 713. The van der Waals surface area contributed by atoms with Gasteiger partial charge in [-0.15, -0.1) is 0 Å². The van der Waals surface area contributed by atoms with Crippen molar-refractivity contribution in [3.63, 3.8) is 0 Å². The monoisotopic (exact) mass is 448 g/mol. The summed E-state index contributed by atoms with van der Waals surface area (Å²) in [6.45, 7) is 14.1. The molecule has 0 aromatic rings. The largest absolute Gasteiger partial charge is 0.481 e. The summed E-state index contributed by atoms with van der Waals surface area (Å²) < 4.78 is 0. The Balaban J connectivity index is 1.64. The van der Waals surface area contributed by atoms with Crippen LogP contribution in [-0.4, -0.2) is 33.5 Å². The summed E-state index contributed by atoms with van der Waals surface area (Å²) in [5.74, 6) is 2.80. The van der Waals surface area contributed by atoms with E-state index >= 15 is 0 Å². The summed E-state index contributed by atoms with van der Waals surface area (Å²) in [5, 5.41) is 31.7. The Morgan fingerprint density at radius 2 is 1.66 bits per heavy atom. The highest BCUT2D eigenvalue weighted by Gasteiger charge is 2.66. The number of aliphatic carboxylic acids is 1. The number of hydrogen-bond donors (Lipinski definition) is 3. The summed E-state index contributed by atoms with van der Waals surface area (Å²) in [5.41, 5.74) is 0.231. The van der Waals surface area contributed by atoms with Gasteiger partial charge in [0.15, 0.2) is 0 Å². The second-order valence-corrected chi connectivity index (χ2v) is 13.8. The molecule has 4 fully saturated rings. The average molecular weight is 449 g/mol. The molecule has 0 amide bonds. The standard InChI is InChI=1S/C28H48O4/c1-16(7-12-25(31)32)20-10-11-21-19-9-8-17-13-18(29)14-23(26(2,3)4)27(17,5)22(19)15-24(30)28(20,21)6/h16-24,29-30H,7-15H2,1-6H3,(H,31,32)/t16-,17-,18+,19+,20-,21+,22+,23?,24+,27+,28-/m1/s1. The Hall–Kier alpha value is -0.610. The summed E-state index contributed by atoms with van der Waals surface area (Å²) in [6.07, 6.45) is 7.92. The van der Waals surface area contributed by atoms with Gasteiger partial charge in [-0.05, 0) is 109 Å². The van der Waals surface area contributed by atoms with Gasteiger partial charge in [0.1, 0.15) is 0 Å². The van der Waals surface area contributed by atoms with Gasteiger partial charge in [-0.3, -0.25) is 4.79 Å². The van der Waals surface area contributed by atoms with Gasteiger partial charge in [-0.25, -0.2) is 0 Å². The van der Waals surface area contributed by atoms with Gasteiger partial charge >= 0.3 is 5.97 Å². The van der Waals surface area contributed by atoms with Crippen LogP contribution in [0, 0.1) is 57.7 Å². The fourth-order valence-corrected chi connectivity index (χ4v) is 10.1. The fourth-order valence-electron chi connectivity index (χ4n) is 10.1. The summed E-state index contributed by atoms with van der Waals surface area (Å²) >= 11 is 0. The molecular formula is C28H48O4. The van der Waals surface area contributed by atoms with E-state index in [2.05, 4.69) is 41.5 Å². The molecule has 4 saturated carbocycles. The maximum atomic E-state index is 11.8. The van der Waals surface area contributed by atoms with Gasteiger partial charge < -0.3 is 15.3 Å². The van der Waals surface area contributed by atoms with E-state index in [0.29, 0.717) is 47.8 Å². The van der Waals surface area contributed by atoms with Gasteiger partial charge in [0, 0.05) is 6.42 Å². The lowest BCUT2D eigenvalue weighted by atomic mass is 9.39. The zero-order chi connectivity index (χ0) is 23.6. The topological polar surface area (TPSA) is 77.8 Å². The second kappa shape index (κ2) is 8.26. The third kappa shape index (κ3) is 3.67. The van der Waals surface area contributed by atoms with Crippen LogP contribution in [0.2, 0.25) is 0 Å². The minimum absolute atomic E-state index is 0.0896. The molecule has 0 spiro atoms. The first-order valence-corrected chi connectivity index (χ1v) is 13.4. The van der Waals surface area contributed by atoms with Gasteiger partial charge in [0.25, 0.3) is 0 Å². The SMILES string of the molecule is C[C@H](CCC(=O)O)[C@H]1CC[C@H]2[C@@H]3CC[C@@H]4C[C@H](O)CC(C(C)(C)C)[C@]4(C)[C@H]3C[C@H](O)[C@]12C. The van der Waals surface area contributed by atoms with Gasteiger partial charge in [0.2, 0.25) is 0 Å². The first-order chi connectivity index (χ1) is 14.8. The fraction of sp³-hybridized carbons (Fsp3) is 0.964. The number of fused-ring (bicyclic) bond motifs is 5. The molecule has 0 aromatic heterocycles. The lowest BCUT2D eigenvalue weighted by molar-refractivity contribution is -0.206. The molecule has 0 aliphatic heterocycles. The molecule has 0 heterocycles. The number of hydrogen-bond acceptors (Lipinski definition) is 3. The highest BCUT2D eigenvalue weighted by Crippen LogP contribution is 2.70. The van der Waals surface area contributed by atoms with E-state index in [1.807, 2.05) is 0 Å². The lowest BCUT2D eigenvalue weighted by Crippen LogP contribution is -2.62. The van der Waals surface area contributed by atoms with Crippen LogP contribution in [0.15, 0.2) is 0 Å². The molecule has 1 unspecified atom stereocenters. The first-order valence-electron chi connectivity index (χ1n) is 13.4. The van der Waals surface area contributed by atoms with Crippen LogP contribution in [0.5, 0.6) is 0 Å². The zero-order valence-corrected chi connectivity index (χ0v) is 21.3. The Morgan fingerprint density at radius 3 is 2.28 bits per heavy atom. The third-order valence-electron chi connectivity index (χ3n) is 11.5. The maximum absolute atomic E-state index is 11.8. The van der Waals surface area contributed by atoms with E-state index in [1.54, 1.807) is 0 Å². The molecule has 0 saturated heterocycles. The molecule has 11 atom stereocenters. The maximum Gasteiger partial charge on any atom is 0.303 e. The molecule has 4 aliphatic carbocycles. The summed E-state index contributed by atoms with van der Waals surface area (Å²) in [7, 11) is 0.